The van der Waals surface area contributed by atoms with E-state index in [1.54, 1.807) is 78.9 Å². The van der Waals surface area contributed by atoms with Gasteiger partial charge < -0.3 is 0 Å². The number of nitro benzene ring substituents is 1. The van der Waals surface area contributed by atoms with Crippen LogP contribution in [0.25, 0.3) is 5.69 Å². The zero-order chi connectivity index (χ0) is 32.1. The fraction of sp³-hybridized carbons (Fsp3) is 0.0588. The summed E-state index contributed by atoms with van der Waals surface area (Å²) in [5.41, 5.74) is 1.48. The van der Waals surface area contributed by atoms with Crippen molar-refractivity contribution in [2.75, 3.05) is 0 Å². The number of imide groups is 2. The first-order chi connectivity index (χ1) is 22.2. The van der Waals surface area contributed by atoms with Crippen molar-refractivity contribution in [3.63, 3.8) is 0 Å². The Morgan fingerprint density at radius 1 is 0.652 bits per heavy atom. The van der Waals surface area contributed by atoms with Crippen molar-refractivity contribution in [3.8, 4) is 5.69 Å². The van der Waals surface area contributed by atoms with Crippen molar-refractivity contribution < 1.29 is 28.9 Å². The van der Waals surface area contributed by atoms with Gasteiger partial charge in [-0.2, -0.15) is 5.10 Å². The molecule has 0 fully saturated rings. The number of carbonyl (C=O) groups is 5. The van der Waals surface area contributed by atoms with Gasteiger partial charge in [-0.15, -0.1) is 0 Å². The van der Waals surface area contributed by atoms with Gasteiger partial charge in [0.25, 0.3) is 29.3 Å². The van der Waals surface area contributed by atoms with Crippen LogP contribution in [0.5, 0.6) is 0 Å². The topological polar surface area (TPSA) is 153 Å². The summed E-state index contributed by atoms with van der Waals surface area (Å²) in [5, 5.41) is 16.3. The van der Waals surface area contributed by atoms with E-state index in [1.807, 2.05) is 0 Å². The Bertz CT molecular complexity index is 2080. The van der Waals surface area contributed by atoms with Crippen LogP contribution in [0.4, 0.5) is 5.69 Å². The molecule has 0 spiro atoms. The van der Waals surface area contributed by atoms with Crippen molar-refractivity contribution in [2.24, 2.45) is 0 Å². The maximum atomic E-state index is 13.7. The number of nitrogens with zero attached hydrogens (tertiary/aromatic N) is 5. The Morgan fingerprint density at radius 3 is 1.67 bits per heavy atom. The monoisotopic (exact) mass is 611 g/mol. The summed E-state index contributed by atoms with van der Waals surface area (Å²) >= 11 is 0. The summed E-state index contributed by atoms with van der Waals surface area (Å²) in [7, 11) is 0. The predicted molar refractivity (Wildman–Crippen MR) is 161 cm³/mol. The Morgan fingerprint density at radius 2 is 1.15 bits per heavy atom. The number of non-ortho nitro benzene ring substituents is 1. The van der Waals surface area contributed by atoms with Gasteiger partial charge in [-0.25, -0.2) is 4.68 Å². The zero-order valence-electron chi connectivity index (χ0n) is 23.8. The maximum absolute atomic E-state index is 13.7. The molecule has 0 radical (unpaired) electrons. The highest BCUT2D eigenvalue weighted by atomic mass is 16.6. The molecule has 5 aromatic rings. The van der Waals surface area contributed by atoms with E-state index in [-0.39, 0.29) is 69.2 Å². The van der Waals surface area contributed by atoms with E-state index in [0.717, 1.165) is 15.9 Å². The lowest BCUT2D eigenvalue weighted by atomic mass is 10.0. The molecule has 0 atom stereocenters. The van der Waals surface area contributed by atoms with Crippen LogP contribution >= 0.6 is 0 Å². The van der Waals surface area contributed by atoms with Crippen molar-refractivity contribution in [2.45, 2.75) is 13.1 Å². The lowest BCUT2D eigenvalue weighted by Crippen LogP contribution is -2.30. The van der Waals surface area contributed by atoms with Crippen LogP contribution in [0.1, 0.15) is 68.7 Å². The minimum absolute atomic E-state index is 0.0561. The lowest BCUT2D eigenvalue weighted by molar-refractivity contribution is -0.384. The molecule has 224 valence electrons. The second-order valence-corrected chi connectivity index (χ2v) is 10.7. The number of fused-ring (bicyclic) bond motifs is 2. The van der Waals surface area contributed by atoms with E-state index in [1.165, 1.54) is 22.9 Å². The molecule has 1 aromatic heterocycles. The van der Waals surface area contributed by atoms with E-state index in [0.29, 0.717) is 0 Å². The second kappa shape index (κ2) is 10.9. The van der Waals surface area contributed by atoms with Gasteiger partial charge in [-0.1, -0.05) is 54.6 Å². The average Bonchev–Trinajstić information content (AvgIpc) is 3.68. The molecule has 2 aliphatic rings. The number of ketones is 1. The molecule has 0 N–H and O–H groups in total. The first-order valence-electron chi connectivity index (χ1n) is 14.1. The van der Waals surface area contributed by atoms with E-state index in [9.17, 15) is 34.1 Å². The Hall–Kier alpha value is -6.56. The average molecular weight is 612 g/mol. The number of carbonyl (C=O) groups excluding carboxylic acids is 5. The summed E-state index contributed by atoms with van der Waals surface area (Å²) in [6.45, 7) is -0.527. The minimum Gasteiger partial charge on any atom is -0.289 e. The smallest absolute Gasteiger partial charge is 0.270 e. The molecule has 0 unspecified atom stereocenters. The third-order valence-electron chi connectivity index (χ3n) is 7.93. The molecule has 0 saturated heterocycles. The quantitative estimate of drug-likeness (QED) is 0.107. The highest BCUT2D eigenvalue weighted by Crippen LogP contribution is 2.30. The van der Waals surface area contributed by atoms with E-state index in [2.05, 4.69) is 5.10 Å². The van der Waals surface area contributed by atoms with Gasteiger partial charge in [-0.3, -0.25) is 43.9 Å². The molecule has 12 heteroatoms. The summed E-state index contributed by atoms with van der Waals surface area (Å²) in [6, 6.07) is 26.3. The highest BCUT2D eigenvalue weighted by Gasteiger charge is 2.38. The van der Waals surface area contributed by atoms with Gasteiger partial charge in [0.1, 0.15) is 0 Å². The molecule has 3 heterocycles. The molecule has 4 amide bonds. The third-order valence-corrected chi connectivity index (χ3v) is 7.93. The van der Waals surface area contributed by atoms with Crippen molar-refractivity contribution >= 4 is 35.1 Å². The fourth-order valence-electron chi connectivity index (χ4n) is 5.71. The van der Waals surface area contributed by atoms with E-state index in [4.69, 9.17) is 0 Å². The Kier molecular flexibility index (Phi) is 6.66. The van der Waals surface area contributed by atoms with Gasteiger partial charge in [0.2, 0.25) is 0 Å². The molecule has 46 heavy (non-hydrogen) atoms. The van der Waals surface area contributed by atoms with Gasteiger partial charge >= 0.3 is 0 Å². The Labute approximate surface area is 260 Å². The maximum Gasteiger partial charge on any atom is 0.270 e. The van der Waals surface area contributed by atoms with Gasteiger partial charge in [-0.05, 0) is 36.4 Å². The molecule has 7 rings (SSSR count). The largest absolute Gasteiger partial charge is 0.289 e. The van der Waals surface area contributed by atoms with Crippen LogP contribution in [-0.2, 0) is 13.1 Å². The molecular formula is C34H21N5O7. The summed E-state index contributed by atoms with van der Waals surface area (Å²) in [5.74, 6) is -2.60. The number of amides is 4. The lowest BCUT2D eigenvalue weighted by Gasteiger charge is -2.16. The molecular weight excluding hydrogens is 590 g/mol. The van der Waals surface area contributed by atoms with Crippen LogP contribution in [0, 0.1) is 10.1 Å². The highest BCUT2D eigenvalue weighted by molar-refractivity contribution is 6.22. The third kappa shape index (κ3) is 4.56. The second-order valence-electron chi connectivity index (χ2n) is 10.7. The van der Waals surface area contributed by atoms with Gasteiger partial charge in [0, 0.05) is 17.7 Å². The molecule has 4 aromatic carbocycles. The van der Waals surface area contributed by atoms with Crippen molar-refractivity contribution in [1.29, 1.82) is 0 Å². The SMILES string of the molecule is O=C(c1ccccc1)c1cc([N+](=O)[O-])ccc1-n1nc(CN2C(=O)c3ccccc3C2=O)cc1CN1C(=O)c2ccccc2C1=O. The van der Waals surface area contributed by atoms with Crippen LogP contribution in [0.3, 0.4) is 0 Å². The summed E-state index contributed by atoms with van der Waals surface area (Å²) in [6.07, 6.45) is 0. The number of nitro groups is 1. The molecule has 2 aliphatic heterocycles. The van der Waals surface area contributed by atoms with Crippen molar-refractivity contribution in [1.82, 2.24) is 19.6 Å². The van der Waals surface area contributed by atoms with Crippen LogP contribution in [-0.4, -0.2) is 53.9 Å². The molecule has 0 bridgehead atoms. The molecule has 12 nitrogen and oxygen atoms in total. The number of benzene rings is 4. The summed E-state index contributed by atoms with van der Waals surface area (Å²) in [4.78, 5) is 79.7. The van der Waals surface area contributed by atoms with Crippen LogP contribution in [0.15, 0.2) is 103 Å². The number of rotatable bonds is 8. The van der Waals surface area contributed by atoms with Crippen LogP contribution < -0.4 is 0 Å². The van der Waals surface area contributed by atoms with Crippen molar-refractivity contribution in [3.05, 3.63) is 158 Å². The molecule has 0 aliphatic carbocycles. The van der Waals surface area contributed by atoms with Gasteiger partial charge in [0.15, 0.2) is 5.78 Å². The first-order valence-corrected chi connectivity index (χ1v) is 14.1. The molecule has 0 saturated carbocycles. The normalized spacial score (nSPS) is 13.7. The fourth-order valence-corrected chi connectivity index (χ4v) is 5.71. The summed E-state index contributed by atoms with van der Waals surface area (Å²) < 4.78 is 1.32. The first kappa shape index (κ1) is 28.2. The zero-order valence-corrected chi connectivity index (χ0v) is 23.8. The number of hydrogen-bond acceptors (Lipinski definition) is 8. The van der Waals surface area contributed by atoms with E-state index < -0.39 is 34.3 Å². The number of hydrogen-bond donors (Lipinski definition) is 0. The Balaban J connectivity index is 1.34. The minimum atomic E-state index is -0.623. The standard InChI is InChI=1S/C34H21N5O7/c40-30(20-8-2-1-3-9-20)28-17-22(39(45)46)14-15-29(28)38-23(19-37-33(43)26-12-6-7-13-27(26)34(37)44)16-21(35-38)18-36-31(41)24-10-4-5-11-25(24)32(36)42/h1-17H,18-19H2. The van der Waals surface area contributed by atoms with Crippen LogP contribution in [0.2, 0.25) is 0 Å². The number of aromatic nitrogens is 2. The van der Waals surface area contributed by atoms with Gasteiger partial charge in [0.05, 0.1) is 62.9 Å². The predicted octanol–water partition coefficient (Wildman–Crippen LogP) is 4.60. The van der Waals surface area contributed by atoms with E-state index >= 15 is 0 Å².